The lowest BCUT2D eigenvalue weighted by atomic mass is 10.2. The number of hydrogen-bond donors (Lipinski definition) is 4. The number of carbonyl (C=O) groups is 2. The van der Waals surface area contributed by atoms with Crippen LogP contribution in [0.4, 0.5) is 0 Å². The molecule has 2 amide bonds. The van der Waals surface area contributed by atoms with Crippen molar-refractivity contribution in [3.63, 3.8) is 0 Å². The van der Waals surface area contributed by atoms with Crippen LogP contribution in [-0.4, -0.2) is 21.8 Å². The van der Waals surface area contributed by atoms with Crippen LogP contribution in [0.2, 0.25) is 0 Å². The van der Waals surface area contributed by atoms with Crippen molar-refractivity contribution in [1.82, 2.24) is 20.8 Å². The molecule has 3 rings (SSSR count). The standard InChI is InChI=1S/C14H10N4O5/c19-11(17-18-12(20)10-2-1-5-23-10)7-3-4-8-9(6-7)16-14(22)13(21)15-8/h1-6H,(H,15,21)(H,16,22)(H,17,19)(H,18,20). The Morgan fingerprint density at radius 3 is 2.30 bits per heavy atom. The van der Waals surface area contributed by atoms with E-state index < -0.39 is 22.9 Å². The van der Waals surface area contributed by atoms with E-state index in [0.717, 1.165) is 0 Å². The summed E-state index contributed by atoms with van der Waals surface area (Å²) in [4.78, 5) is 50.9. The zero-order valence-corrected chi connectivity index (χ0v) is 11.5. The zero-order valence-electron chi connectivity index (χ0n) is 11.5. The molecule has 0 saturated carbocycles. The molecule has 0 bridgehead atoms. The van der Waals surface area contributed by atoms with Crippen molar-refractivity contribution in [1.29, 1.82) is 0 Å². The number of rotatable bonds is 2. The van der Waals surface area contributed by atoms with Gasteiger partial charge in [-0.05, 0) is 30.3 Å². The number of furan rings is 1. The van der Waals surface area contributed by atoms with Crippen LogP contribution in [0.3, 0.4) is 0 Å². The first-order valence-corrected chi connectivity index (χ1v) is 6.45. The molecule has 23 heavy (non-hydrogen) atoms. The van der Waals surface area contributed by atoms with E-state index in [4.69, 9.17) is 4.42 Å². The molecule has 1 aromatic carbocycles. The summed E-state index contributed by atoms with van der Waals surface area (Å²) in [5.74, 6) is -1.16. The summed E-state index contributed by atoms with van der Waals surface area (Å²) < 4.78 is 4.88. The molecule has 0 aliphatic rings. The number of fused-ring (bicyclic) bond motifs is 1. The Hall–Kier alpha value is -3.62. The van der Waals surface area contributed by atoms with E-state index in [1.807, 2.05) is 0 Å². The van der Waals surface area contributed by atoms with E-state index in [0.29, 0.717) is 11.0 Å². The number of hydrogen-bond acceptors (Lipinski definition) is 5. The smallest absolute Gasteiger partial charge is 0.314 e. The van der Waals surface area contributed by atoms with Crippen LogP contribution < -0.4 is 22.0 Å². The average molecular weight is 314 g/mol. The summed E-state index contributed by atoms with van der Waals surface area (Å²) in [5, 5.41) is 0. The normalized spacial score (nSPS) is 10.4. The number of aromatic amines is 2. The van der Waals surface area contributed by atoms with E-state index in [9.17, 15) is 19.2 Å². The number of carbonyl (C=O) groups excluding carboxylic acids is 2. The molecule has 2 aromatic heterocycles. The molecule has 0 aliphatic carbocycles. The number of benzene rings is 1. The first kappa shape index (κ1) is 14.3. The quantitative estimate of drug-likeness (QED) is 0.386. The van der Waals surface area contributed by atoms with Crippen molar-refractivity contribution in [2.75, 3.05) is 0 Å². The molecule has 9 nitrogen and oxygen atoms in total. The minimum atomic E-state index is -0.818. The SMILES string of the molecule is O=C(NNC(=O)c1ccco1)c1ccc2[nH]c(=O)c(=O)[nH]c2c1. The molecular formula is C14H10N4O5. The van der Waals surface area contributed by atoms with Gasteiger partial charge in [-0.2, -0.15) is 0 Å². The third-order valence-corrected chi connectivity index (χ3v) is 3.02. The van der Waals surface area contributed by atoms with Gasteiger partial charge in [0.05, 0.1) is 17.3 Å². The van der Waals surface area contributed by atoms with Crippen LogP contribution in [-0.2, 0) is 0 Å². The van der Waals surface area contributed by atoms with E-state index >= 15 is 0 Å². The van der Waals surface area contributed by atoms with Gasteiger partial charge in [0.2, 0.25) is 0 Å². The van der Waals surface area contributed by atoms with Crippen molar-refractivity contribution in [2.45, 2.75) is 0 Å². The van der Waals surface area contributed by atoms with Crippen molar-refractivity contribution < 1.29 is 14.0 Å². The summed E-state index contributed by atoms with van der Waals surface area (Å²) in [7, 11) is 0. The Balaban J connectivity index is 1.78. The molecular weight excluding hydrogens is 304 g/mol. The summed E-state index contributed by atoms with van der Waals surface area (Å²) in [6.45, 7) is 0. The Labute approximate surface area is 127 Å². The van der Waals surface area contributed by atoms with E-state index in [1.54, 1.807) is 0 Å². The Bertz CT molecular complexity index is 1000. The lowest BCUT2D eigenvalue weighted by Gasteiger charge is -2.06. The predicted molar refractivity (Wildman–Crippen MR) is 78.8 cm³/mol. The van der Waals surface area contributed by atoms with Crippen molar-refractivity contribution in [3.05, 3.63) is 68.6 Å². The van der Waals surface area contributed by atoms with Crippen LogP contribution in [0.15, 0.2) is 50.6 Å². The fourth-order valence-electron chi connectivity index (χ4n) is 1.91. The van der Waals surface area contributed by atoms with Crippen LogP contribution in [0.1, 0.15) is 20.9 Å². The highest BCUT2D eigenvalue weighted by molar-refractivity contribution is 5.99. The maximum Gasteiger partial charge on any atom is 0.314 e. The monoisotopic (exact) mass is 314 g/mol. The van der Waals surface area contributed by atoms with Crippen molar-refractivity contribution in [3.8, 4) is 0 Å². The lowest BCUT2D eigenvalue weighted by molar-refractivity contribution is 0.0831. The topological polar surface area (TPSA) is 137 Å². The summed E-state index contributed by atoms with van der Waals surface area (Å²) >= 11 is 0. The van der Waals surface area contributed by atoms with Crippen molar-refractivity contribution >= 4 is 22.8 Å². The molecule has 9 heteroatoms. The summed E-state index contributed by atoms with van der Waals surface area (Å²) in [6.07, 6.45) is 1.33. The van der Waals surface area contributed by atoms with E-state index in [2.05, 4.69) is 20.8 Å². The second kappa shape index (κ2) is 5.64. The second-order valence-corrected chi connectivity index (χ2v) is 4.55. The maximum absolute atomic E-state index is 12.0. The molecule has 0 fully saturated rings. The van der Waals surface area contributed by atoms with Crippen LogP contribution >= 0.6 is 0 Å². The van der Waals surface area contributed by atoms with Crippen LogP contribution in [0, 0.1) is 0 Å². The number of H-pyrrole nitrogens is 2. The molecule has 116 valence electrons. The number of aromatic nitrogens is 2. The van der Waals surface area contributed by atoms with E-state index in [1.165, 1.54) is 36.6 Å². The molecule has 0 atom stereocenters. The Morgan fingerprint density at radius 1 is 0.913 bits per heavy atom. The molecule has 0 radical (unpaired) electrons. The van der Waals surface area contributed by atoms with Gasteiger partial charge in [-0.25, -0.2) is 0 Å². The predicted octanol–water partition coefficient (Wildman–Crippen LogP) is -0.116. The van der Waals surface area contributed by atoms with Crippen molar-refractivity contribution in [2.24, 2.45) is 0 Å². The highest BCUT2D eigenvalue weighted by Gasteiger charge is 2.11. The number of amides is 2. The summed E-state index contributed by atoms with van der Waals surface area (Å²) in [6, 6.07) is 7.26. The number of nitrogens with one attached hydrogen (secondary N) is 4. The molecule has 0 aliphatic heterocycles. The molecule has 0 unspecified atom stereocenters. The first-order valence-electron chi connectivity index (χ1n) is 6.45. The second-order valence-electron chi connectivity index (χ2n) is 4.55. The third kappa shape index (κ3) is 2.88. The van der Waals surface area contributed by atoms with Gasteiger partial charge in [-0.15, -0.1) is 0 Å². The van der Waals surface area contributed by atoms with Crippen LogP contribution in [0.25, 0.3) is 11.0 Å². The van der Waals surface area contributed by atoms with Gasteiger partial charge in [0.15, 0.2) is 5.76 Å². The first-order chi connectivity index (χ1) is 11.0. The minimum absolute atomic E-state index is 0.0470. The number of hydrazine groups is 1. The van der Waals surface area contributed by atoms with Gasteiger partial charge in [0.1, 0.15) is 0 Å². The highest BCUT2D eigenvalue weighted by atomic mass is 16.3. The molecule has 3 aromatic rings. The Kier molecular flexibility index (Phi) is 3.51. The van der Waals surface area contributed by atoms with Gasteiger partial charge >= 0.3 is 17.0 Å². The molecule has 0 spiro atoms. The molecule has 0 saturated heterocycles. The van der Waals surface area contributed by atoms with Gasteiger partial charge < -0.3 is 14.4 Å². The van der Waals surface area contributed by atoms with E-state index in [-0.39, 0.29) is 11.3 Å². The van der Waals surface area contributed by atoms with Gasteiger partial charge in [0.25, 0.3) is 5.91 Å². The maximum atomic E-state index is 12.0. The Morgan fingerprint density at radius 2 is 1.61 bits per heavy atom. The van der Waals surface area contributed by atoms with Crippen LogP contribution in [0.5, 0.6) is 0 Å². The molecule has 2 heterocycles. The average Bonchev–Trinajstić information content (AvgIpc) is 3.07. The van der Waals surface area contributed by atoms with Gasteiger partial charge in [0, 0.05) is 5.56 Å². The van der Waals surface area contributed by atoms with Gasteiger partial charge in [-0.3, -0.25) is 30.0 Å². The summed E-state index contributed by atoms with van der Waals surface area (Å²) in [5.41, 5.74) is 3.66. The third-order valence-electron chi connectivity index (χ3n) is 3.02. The van der Waals surface area contributed by atoms with Gasteiger partial charge in [-0.1, -0.05) is 0 Å². The minimum Gasteiger partial charge on any atom is -0.459 e. The fraction of sp³-hybridized carbons (Fsp3) is 0. The molecule has 4 N–H and O–H groups in total. The fourth-order valence-corrected chi connectivity index (χ4v) is 1.91. The zero-order chi connectivity index (χ0) is 16.4. The highest BCUT2D eigenvalue weighted by Crippen LogP contribution is 2.09. The lowest BCUT2D eigenvalue weighted by Crippen LogP contribution is -2.41. The largest absolute Gasteiger partial charge is 0.459 e.